The van der Waals surface area contributed by atoms with E-state index < -0.39 is 0 Å². The molecule has 2 fully saturated rings. The summed E-state index contributed by atoms with van der Waals surface area (Å²) in [5, 5.41) is 3.56. The Kier molecular flexibility index (Phi) is 6.10. The summed E-state index contributed by atoms with van der Waals surface area (Å²) in [7, 11) is 3.63. The van der Waals surface area contributed by atoms with Gasteiger partial charge in [0, 0.05) is 39.8 Å². The summed E-state index contributed by atoms with van der Waals surface area (Å²) in [5.41, 5.74) is 0. The molecule has 0 aromatic heterocycles. The van der Waals surface area contributed by atoms with Gasteiger partial charge in [-0.3, -0.25) is 0 Å². The molecule has 1 aliphatic heterocycles. The van der Waals surface area contributed by atoms with Crippen molar-refractivity contribution in [1.82, 2.24) is 15.1 Å². The van der Waals surface area contributed by atoms with Crippen molar-refractivity contribution in [2.24, 2.45) is 0 Å². The van der Waals surface area contributed by atoms with Crippen molar-refractivity contribution in [3.05, 3.63) is 0 Å². The van der Waals surface area contributed by atoms with Crippen LogP contribution in [0.1, 0.15) is 38.5 Å². The Labute approximate surface area is 122 Å². The SMILES string of the molecule is CN(C)C(=O)N1CCC(NCCOC2CCCC2)CC1. The average Bonchev–Trinajstić information content (AvgIpc) is 2.96. The molecule has 1 saturated carbocycles. The second-order valence-electron chi connectivity index (χ2n) is 6.17. The van der Waals surface area contributed by atoms with Crippen LogP contribution in [-0.2, 0) is 4.74 Å². The van der Waals surface area contributed by atoms with E-state index in [9.17, 15) is 4.79 Å². The first kappa shape index (κ1) is 15.6. The Morgan fingerprint density at radius 2 is 1.85 bits per heavy atom. The molecule has 0 bridgehead atoms. The van der Waals surface area contributed by atoms with E-state index in [0.29, 0.717) is 12.1 Å². The molecule has 1 N–H and O–H groups in total. The van der Waals surface area contributed by atoms with Crippen LogP contribution in [0.4, 0.5) is 4.79 Å². The number of carbonyl (C=O) groups excluding carboxylic acids is 1. The molecule has 0 aromatic rings. The van der Waals surface area contributed by atoms with Gasteiger partial charge in [0.15, 0.2) is 0 Å². The summed E-state index contributed by atoms with van der Waals surface area (Å²) < 4.78 is 5.85. The molecular formula is C15H29N3O2. The topological polar surface area (TPSA) is 44.8 Å². The minimum atomic E-state index is 0.132. The van der Waals surface area contributed by atoms with Crippen molar-refractivity contribution >= 4 is 6.03 Å². The van der Waals surface area contributed by atoms with Crippen LogP contribution in [-0.4, -0.2) is 68.3 Å². The van der Waals surface area contributed by atoms with Gasteiger partial charge in [-0.15, -0.1) is 0 Å². The zero-order chi connectivity index (χ0) is 14.4. The van der Waals surface area contributed by atoms with Gasteiger partial charge in [-0.05, 0) is 25.7 Å². The number of ether oxygens (including phenoxy) is 1. The van der Waals surface area contributed by atoms with Crippen molar-refractivity contribution in [1.29, 1.82) is 0 Å². The third-order valence-corrected chi connectivity index (χ3v) is 4.34. The number of hydrogen-bond donors (Lipinski definition) is 1. The molecule has 1 saturated heterocycles. The maximum atomic E-state index is 11.8. The zero-order valence-electron chi connectivity index (χ0n) is 12.9. The molecule has 116 valence electrons. The van der Waals surface area contributed by atoms with E-state index in [1.807, 2.05) is 19.0 Å². The predicted octanol–water partition coefficient (Wildman–Crippen LogP) is 1.68. The maximum Gasteiger partial charge on any atom is 0.319 e. The summed E-state index contributed by atoms with van der Waals surface area (Å²) >= 11 is 0. The van der Waals surface area contributed by atoms with Gasteiger partial charge in [0.2, 0.25) is 0 Å². The fraction of sp³-hybridized carbons (Fsp3) is 0.933. The van der Waals surface area contributed by atoms with E-state index >= 15 is 0 Å². The number of hydrogen-bond acceptors (Lipinski definition) is 3. The average molecular weight is 283 g/mol. The Hall–Kier alpha value is -0.810. The fourth-order valence-electron chi connectivity index (χ4n) is 3.10. The van der Waals surface area contributed by atoms with Crippen LogP contribution in [0.3, 0.4) is 0 Å². The van der Waals surface area contributed by atoms with Crippen LogP contribution in [0.2, 0.25) is 0 Å². The van der Waals surface area contributed by atoms with E-state index in [2.05, 4.69) is 5.32 Å². The number of nitrogens with zero attached hydrogens (tertiary/aromatic N) is 2. The van der Waals surface area contributed by atoms with Crippen LogP contribution in [0.15, 0.2) is 0 Å². The summed E-state index contributed by atoms with van der Waals surface area (Å²) in [6, 6.07) is 0.668. The first-order valence-corrected chi connectivity index (χ1v) is 7.98. The predicted molar refractivity (Wildman–Crippen MR) is 79.9 cm³/mol. The summed E-state index contributed by atoms with van der Waals surface area (Å²) in [6.45, 7) is 3.47. The molecule has 1 aliphatic carbocycles. The molecule has 0 unspecified atom stereocenters. The van der Waals surface area contributed by atoms with E-state index in [-0.39, 0.29) is 6.03 Å². The van der Waals surface area contributed by atoms with Gasteiger partial charge in [-0.1, -0.05) is 12.8 Å². The van der Waals surface area contributed by atoms with Crippen molar-refractivity contribution in [2.45, 2.75) is 50.7 Å². The zero-order valence-corrected chi connectivity index (χ0v) is 12.9. The molecule has 5 heteroatoms. The first-order chi connectivity index (χ1) is 9.66. The highest BCUT2D eigenvalue weighted by atomic mass is 16.5. The molecule has 1 heterocycles. The van der Waals surface area contributed by atoms with Gasteiger partial charge in [-0.25, -0.2) is 4.79 Å². The van der Waals surface area contributed by atoms with Gasteiger partial charge >= 0.3 is 6.03 Å². The second-order valence-corrected chi connectivity index (χ2v) is 6.17. The number of amides is 2. The Balaban J connectivity index is 1.54. The van der Waals surface area contributed by atoms with Crippen molar-refractivity contribution in [2.75, 3.05) is 40.3 Å². The normalized spacial score (nSPS) is 21.4. The van der Waals surface area contributed by atoms with Gasteiger partial charge in [0.05, 0.1) is 12.7 Å². The largest absolute Gasteiger partial charge is 0.377 e. The molecule has 20 heavy (non-hydrogen) atoms. The number of carbonyl (C=O) groups is 1. The minimum Gasteiger partial charge on any atom is -0.377 e. The lowest BCUT2D eigenvalue weighted by Gasteiger charge is -2.34. The van der Waals surface area contributed by atoms with Crippen LogP contribution >= 0.6 is 0 Å². The van der Waals surface area contributed by atoms with Crippen molar-refractivity contribution < 1.29 is 9.53 Å². The fourth-order valence-corrected chi connectivity index (χ4v) is 3.10. The minimum absolute atomic E-state index is 0.132. The third kappa shape index (κ3) is 4.63. The molecule has 0 radical (unpaired) electrons. The first-order valence-electron chi connectivity index (χ1n) is 7.98. The van der Waals surface area contributed by atoms with E-state index in [0.717, 1.165) is 39.1 Å². The number of nitrogens with one attached hydrogen (secondary N) is 1. The number of urea groups is 1. The van der Waals surface area contributed by atoms with Crippen LogP contribution in [0, 0.1) is 0 Å². The van der Waals surface area contributed by atoms with Gasteiger partial charge in [0.1, 0.15) is 0 Å². The molecule has 0 spiro atoms. The summed E-state index contributed by atoms with van der Waals surface area (Å²) in [5.74, 6) is 0. The smallest absolute Gasteiger partial charge is 0.319 e. The van der Waals surface area contributed by atoms with Gasteiger partial charge in [0.25, 0.3) is 0 Å². The Morgan fingerprint density at radius 1 is 1.20 bits per heavy atom. The van der Waals surface area contributed by atoms with E-state index in [1.165, 1.54) is 25.7 Å². The molecule has 5 nitrogen and oxygen atoms in total. The lowest BCUT2D eigenvalue weighted by Crippen LogP contribution is -2.48. The monoisotopic (exact) mass is 283 g/mol. The Bertz CT molecular complexity index is 295. The number of likely N-dealkylation sites (tertiary alicyclic amines) is 1. The summed E-state index contributed by atoms with van der Waals surface area (Å²) in [6.07, 6.45) is 7.74. The molecule has 2 amide bonds. The highest BCUT2D eigenvalue weighted by Crippen LogP contribution is 2.20. The standard InChI is InChI=1S/C15H29N3O2/c1-17(2)15(19)18-10-7-13(8-11-18)16-9-12-20-14-5-3-4-6-14/h13-14,16H,3-12H2,1-2H3. The van der Waals surface area contributed by atoms with Crippen molar-refractivity contribution in [3.63, 3.8) is 0 Å². The third-order valence-electron chi connectivity index (χ3n) is 4.34. The number of rotatable bonds is 5. The van der Waals surface area contributed by atoms with Crippen LogP contribution in [0.5, 0.6) is 0 Å². The second kappa shape index (κ2) is 7.84. The maximum absolute atomic E-state index is 11.8. The molecular weight excluding hydrogens is 254 g/mol. The quantitative estimate of drug-likeness (QED) is 0.781. The highest BCUT2D eigenvalue weighted by Gasteiger charge is 2.23. The lowest BCUT2D eigenvalue weighted by molar-refractivity contribution is 0.0577. The highest BCUT2D eigenvalue weighted by molar-refractivity contribution is 5.73. The van der Waals surface area contributed by atoms with Crippen molar-refractivity contribution in [3.8, 4) is 0 Å². The Morgan fingerprint density at radius 3 is 2.45 bits per heavy atom. The number of piperidine rings is 1. The molecule has 0 atom stereocenters. The summed E-state index contributed by atoms with van der Waals surface area (Å²) in [4.78, 5) is 15.4. The van der Waals surface area contributed by atoms with Crippen LogP contribution < -0.4 is 5.32 Å². The van der Waals surface area contributed by atoms with E-state index in [4.69, 9.17) is 4.74 Å². The van der Waals surface area contributed by atoms with E-state index in [1.54, 1.807) is 4.90 Å². The lowest BCUT2D eigenvalue weighted by atomic mass is 10.1. The van der Waals surface area contributed by atoms with Crippen LogP contribution in [0.25, 0.3) is 0 Å². The molecule has 2 aliphatic rings. The van der Waals surface area contributed by atoms with Gasteiger partial charge in [-0.2, -0.15) is 0 Å². The molecule has 0 aromatic carbocycles. The van der Waals surface area contributed by atoms with Gasteiger partial charge < -0.3 is 19.9 Å². The molecule has 2 rings (SSSR count).